The fourth-order valence-electron chi connectivity index (χ4n) is 1.12. The van der Waals surface area contributed by atoms with Crippen molar-refractivity contribution in [2.75, 3.05) is 6.54 Å². The average Bonchev–Trinajstić information content (AvgIpc) is 2.36. The number of nitriles is 2. The third-order valence-corrected chi connectivity index (χ3v) is 3.59. The van der Waals surface area contributed by atoms with Crippen LogP contribution in [0.5, 0.6) is 0 Å². The Hall–Kier alpha value is -1.96. The molecule has 1 unspecified atom stereocenters. The van der Waals surface area contributed by atoms with Gasteiger partial charge in [0.05, 0.1) is 22.4 Å². The highest BCUT2D eigenvalue weighted by Gasteiger charge is 2.16. The van der Waals surface area contributed by atoms with Gasteiger partial charge in [0.15, 0.2) is 0 Å². The Morgan fingerprint density at radius 2 is 2.11 bits per heavy atom. The highest BCUT2D eigenvalue weighted by molar-refractivity contribution is 7.89. The topological polar surface area (TPSA) is 93.8 Å². The zero-order chi connectivity index (χ0) is 13.8. The number of nitrogens with zero attached hydrogens (tertiary/aromatic N) is 2. The van der Waals surface area contributed by atoms with Crippen LogP contribution < -0.4 is 4.72 Å². The van der Waals surface area contributed by atoms with Gasteiger partial charge in [-0.25, -0.2) is 17.5 Å². The second-order valence-electron chi connectivity index (χ2n) is 3.64. The molecule has 0 amide bonds. The highest BCUT2D eigenvalue weighted by Crippen LogP contribution is 2.14. The normalized spacial score (nSPS) is 12.4. The van der Waals surface area contributed by atoms with E-state index in [1.165, 1.54) is 0 Å². The number of hydrogen-bond donors (Lipinski definition) is 1. The fraction of sp³-hybridized carbons (Fsp3) is 0.273. The maximum absolute atomic E-state index is 13.0. The third kappa shape index (κ3) is 3.27. The second kappa shape index (κ2) is 5.58. The van der Waals surface area contributed by atoms with Crippen LogP contribution in [0.25, 0.3) is 0 Å². The number of halogens is 1. The summed E-state index contributed by atoms with van der Waals surface area (Å²) in [4.78, 5) is -0.203. The van der Waals surface area contributed by atoms with E-state index in [1.54, 1.807) is 13.0 Å². The van der Waals surface area contributed by atoms with Crippen molar-refractivity contribution in [2.45, 2.75) is 11.8 Å². The lowest BCUT2D eigenvalue weighted by Crippen LogP contribution is -2.28. The SMILES string of the molecule is CC(C#N)CNS(=O)(=O)c1ccc(F)c(C#N)c1. The largest absolute Gasteiger partial charge is 0.240 e. The van der Waals surface area contributed by atoms with Gasteiger partial charge in [0.1, 0.15) is 11.9 Å². The van der Waals surface area contributed by atoms with Gasteiger partial charge in [-0.3, -0.25) is 0 Å². The lowest BCUT2D eigenvalue weighted by molar-refractivity contribution is 0.572. The molecule has 1 aromatic carbocycles. The molecule has 7 heteroatoms. The van der Waals surface area contributed by atoms with Gasteiger partial charge in [0.2, 0.25) is 10.0 Å². The van der Waals surface area contributed by atoms with E-state index >= 15 is 0 Å². The van der Waals surface area contributed by atoms with E-state index in [1.807, 2.05) is 6.07 Å². The molecule has 0 aliphatic rings. The Kier molecular flexibility index (Phi) is 4.38. The molecule has 1 N–H and O–H groups in total. The minimum Gasteiger partial charge on any atom is -0.210 e. The van der Waals surface area contributed by atoms with Crippen LogP contribution in [0.15, 0.2) is 23.1 Å². The van der Waals surface area contributed by atoms with E-state index in [4.69, 9.17) is 10.5 Å². The summed E-state index contributed by atoms with van der Waals surface area (Å²) in [6.07, 6.45) is 0. The first-order chi connectivity index (χ1) is 8.40. The smallest absolute Gasteiger partial charge is 0.210 e. The fourth-order valence-corrected chi connectivity index (χ4v) is 2.28. The molecule has 5 nitrogen and oxygen atoms in total. The second-order valence-corrected chi connectivity index (χ2v) is 5.40. The minimum atomic E-state index is -3.83. The van der Waals surface area contributed by atoms with E-state index in [0.717, 1.165) is 18.2 Å². The molecule has 1 rings (SSSR count). The molecule has 0 aliphatic carbocycles. The van der Waals surface area contributed by atoms with Crippen molar-refractivity contribution < 1.29 is 12.8 Å². The van der Waals surface area contributed by atoms with Crippen molar-refractivity contribution in [3.8, 4) is 12.1 Å². The molecule has 0 bridgehead atoms. The van der Waals surface area contributed by atoms with Crippen LogP contribution >= 0.6 is 0 Å². The van der Waals surface area contributed by atoms with E-state index in [0.29, 0.717) is 0 Å². The van der Waals surface area contributed by atoms with Crippen LogP contribution in [0.3, 0.4) is 0 Å². The molecule has 94 valence electrons. The average molecular weight is 267 g/mol. The Labute approximate surface area is 105 Å². The van der Waals surface area contributed by atoms with E-state index in [2.05, 4.69) is 4.72 Å². The Morgan fingerprint density at radius 1 is 1.44 bits per heavy atom. The lowest BCUT2D eigenvalue weighted by Gasteiger charge is -2.07. The number of rotatable bonds is 4. The first-order valence-electron chi connectivity index (χ1n) is 4.99. The summed E-state index contributed by atoms with van der Waals surface area (Å²) < 4.78 is 38.8. The zero-order valence-corrected chi connectivity index (χ0v) is 10.3. The van der Waals surface area contributed by atoms with Crippen LogP contribution in [0.2, 0.25) is 0 Å². The molecule has 0 fully saturated rings. The predicted octanol–water partition coefficient (Wildman–Crippen LogP) is 1.14. The van der Waals surface area contributed by atoms with E-state index in [9.17, 15) is 12.8 Å². The summed E-state index contributed by atoms with van der Waals surface area (Å²) in [6.45, 7) is 1.52. The Bertz CT molecular complexity index is 629. The molecular formula is C11H10FN3O2S. The quantitative estimate of drug-likeness (QED) is 0.884. The standard InChI is InChI=1S/C11H10FN3O2S/c1-8(5-13)7-15-18(16,17)10-2-3-11(12)9(4-10)6-14/h2-4,8,15H,7H2,1H3. The molecule has 0 aromatic heterocycles. The summed E-state index contributed by atoms with van der Waals surface area (Å²) in [6, 6.07) is 6.38. The van der Waals surface area contributed by atoms with Gasteiger partial charge in [-0.2, -0.15) is 10.5 Å². The molecule has 18 heavy (non-hydrogen) atoms. The summed E-state index contributed by atoms with van der Waals surface area (Å²) in [5, 5.41) is 17.2. The van der Waals surface area contributed by atoms with Crippen molar-refractivity contribution in [3.63, 3.8) is 0 Å². The molecule has 1 atom stereocenters. The maximum Gasteiger partial charge on any atom is 0.240 e. The van der Waals surface area contributed by atoms with Crippen molar-refractivity contribution in [3.05, 3.63) is 29.6 Å². The highest BCUT2D eigenvalue weighted by atomic mass is 32.2. The molecule has 0 heterocycles. The van der Waals surface area contributed by atoms with Gasteiger partial charge in [-0.05, 0) is 25.1 Å². The first-order valence-corrected chi connectivity index (χ1v) is 6.48. The Balaban J connectivity index is 3.00. The summed E-state index contributed by atoms with van der Waals surface area (Å²) >= 11 is 0. The van der Waals surface area contributed by atoms with Gasteiger partial charge in [0, 0.05) is 6.54 Å². The molecule has 0 saturated heterocycles. The first kappa shape index (κ1) is 14.1. The molecule has 0 aliphatic heterocycles. The molecule has 0 radical (unpaired) electrons. The van der Waals surface area contributed by atoms with Gasteiger partial charge in [-0.1, -0.05) is 0 Å². The third-order valence-electron chi connectivity index (χ3n) is 2.17. The Morgan fingerprint density at radius 3 is 2.67 bits per heavy atom. The van der Waals surface area contributed by atoms with Crippen molar-refractivity contribution in [1.29, 1.82) is 10.5 Å². The van der Waals surface area contributed by atoms with E-state index < -0.39 is 21.8 Å². The monoisotopic (exact) mass is 267 g/mol. The number of hydrogen-bond acceptors (Lipinski definition) is 4. The van der Waals surface area contributed by atoms with Crippen LogP contribution in [0.4, 0.5) is 4.39 Å². The summed E-state index contributed by atoms with van der Waals surface area (Å²) in [7, 11) is -3.83. The number of nitrogens with one attached hydrogen (secondary N) is 1. The molecular weight excluding hydrogens is 257 g/mol. The van der Waals surface area contributed by atoms with Gasteiger partial charge < -0.3 is 0 Å². The molecule has 1 aromatic rings. The zero-order valence-electron chi connectivity index (χ0n) is 9.51. The predicted molar refractivity (Wildman–Crippen MR) is 61.1 cm³/mol. The minimum absolute atomic E-state index is 0.0436. The van der Waals surface area contributed by atoms with Crippen LogP contribution in [0.1, 0.15) is 12.5 Å². The number of benzene rings is 1. The van der Waals surface area contributed by atoms with Crippen LogP contribution in [0, 0.1) is 34.4 Å². The van der Waals surface area contributed by atoms with Crippen molar-refractivity contribution >= 4 is 10.0 Å². The van der Waals surface area contributed by atoms with Crippen LogP contribution in [-0.4, -0.2) is 15.0 Å². The van der Waals surface area contributed by atoms with E-state index in [-0.39, 0.29) is 17.0 Å². The van der Waals surface area contributed by atoms with Gasteiger partial charge >= 0.3 is 0 Å². The van der Waals surface area contributed by atoms with Gasteiger partial charge in [-0.15, -0.1) is 0 Å². The van der Waals surface area contributed by atoms with Gasteiger partial charge in [0.25, 0.3) is 0 Å². The van der Waals surface area contributed by atoms with Crippen molar-refractivity contribution in [1.82, 2.24) is 4.72 Å². The maximum atomic E-state index is 13.0. The lowest BCUT2D eigenvalue weighted by atomic mass is 10.2. The van der Waals surface area contributed by atoms with Crippen LogP contribution in [-0.2, 0) is 10.0 Å². The summed E-state index contributed by atoms with van der Waals surface area (Å²) in [5.41, 5.74) is -0.341. The molecule has 0 saturated carbocycles. The molecule has 0 spiro atoms. The van der Waals surface area contributed by atoms with Crippen molar-refractivity contribution in [2.24, 2.45) is 5.92 Å². The number of sulfonamides is 1. The summed E-state index contributed by atoms with van der Waals surface area (Å²) in [5.74, 6) is -1.25.